The normalized spacial score (nSPS) is 11.3. The smallest absolute Gasteiger partial charge is 0.350 e. The predicted molar refractivity (Wildman–Crippen MR) is 86.3 cm³/mol. The average molecular weight is 339 g/mol. The summed E-state index contributed by atoms with van der Waals surface area (Å²) in [5, 5.41) is 2.73. The number of aryl methyl sites for hydroxylation is 1. The number of hydrogen-bond acceptors (Lipinski definition) is 7. The molecule has 0 radical (unpaired) electrons. The summed E-state index contributed by atoms with van der Waals surface area (Å²) in [5.41, 5.74) is -0.00134. The molecular formula is C15H17NO4S2. The largest absolute Gasteiger partial charge is 0.457 e. The fourth-order valence-electron chi connectivity index (χ4n) is 1.65. The maximum absolute atomic E-state index is 12.1. The van der Waals surface area contributed by atoms with E-state index in [1.807, 2.05) is 17.5 Å². The van der Waals surface area contributed by atoms with Crippen LogP contribution in [0.2, 0.25) is 0 Å². The fourth-order valence-corrected chi connectivity index (χ4v) is 3.41. The van der Waals surface area contributed by atoms with Crippen LogP contribution in [0.15, 0.2) is 17.5 Å². The Morgan fingerprint density at radius 1 is 1.32 bits per heavy atom. The van der Waals surface area contributed by atoms with Gasteiger partial charge in [0, 0.05) is 0 Å². The second-order valence-electron chi connectivity index (χ2n) is 5.57. The van der Waals surface area contributed by atoms with Gasteiger partial charge in [-0.25, -0.2) is 14.6 Å². The summed E-state index contributed by atoms with van der Waals surface area (Å²) in [7, 11) is 0. The van der Waals surface area contributed by atoms with E-state index in [0.29, 0.717) is 10.6 Å². The summed E-state index contributed by atoms with van der Waals surface area (Å²) >= 11 is 2.82. The first-order chi connectivity index (χ1) is 10.3. The molecule has 2 aromatic rings. The Hall–Kier alpha value is -1.73. The first-order valence-electron chi connectivity index (χ1n) is 6.66. The zero-order valence-electron chi connectivity index (χ0n) is 12.8. The Bertz CT molecular complexity index is 668. The third-order valence-electron chi connectivity index (χ3n) is 2.46. The summed E-state index contributed by atoms with van der Waals surface area (Å²) in [6.07, 6.45) is 0. The number of rotatable bonds is 4. The lowest BCUT2D eigenvalue weighted by molar-refractivity contribution is -0.158. The predicted octanol–water partition coefficient (Wildman–Crippen LogP) is 3.68. The fraction of sp³-hybridized carbons (Fsp3) is 0.400. The van der Waals surface area contributed by atoms with Gasteiger partial charge in [-0.15, -0.1) is 22.7 Å². The van der Waals surface area contributed by atoms with Crippen LogP contribution in [0.1, 0.15) is 36.1 Å². The van der Waals surface area contributed by atoms with Crippen LogP contribution < -0.4 is 0 Å². The van der Waals surface area contributed by atoms with Crippen molar-refractivity contribution in [2.75, 3.05) is 6.61 Å². The van der Waals surface area contributed by atoms with Crippen LogP contribution >= 0.6 is 22.7 Å². The van der Waals surface area contributed by atoms with Gasteiger partial charge in [0.15, 0.2) is 6.61 Å². The Kier molecular flexibility index (Phi) is 4.97. The lowest BCUT2D eigenvalue weighted by atomic mass is 10.2. The Balaban J connectivity index is 2.00. The molecule has 0 amide bonds. The molecule has 118 valence electrons. The molecule has 5 nitrogen and oxygen atoms in total. The SMILES string of the molecule is Cc1nc(-c2cccs2)sc1C(=O)OCC(=O)OC(C)(C)C. The van der Waals surface area contributed by atoms with Crippen LogP contribution in [-0.2, 0) is 14.3 Å². The van der Waals surface area contributed by atoms with E-state index < -0.39 is 24.1 Å². The molecule has 0 aliphatic rings. The van der Waals surface area contributed by atoms with Crippen molar-refractivity contribution < 1.29 is 19.1 Å². The van der Waals surface area contributed by atoms with E-state index in [0.717, 1.165) is 9.88 Å². The molecule has 0 atom stereocenters. The lowest BCUT2D eigenvalue weighted by Crippen LogP contribution is -2.27. The molecule has 2 heterocycles. The molecule has 0 aliphatic carbocycles. The summed E-state index contributed by atoms with van der Waals surface area (Å²) in [6.45, 7) is 6.62. The molecule has 0 unspecified atom stereocenters. The van der Waals surface area contributed by atoms with Crippen LogP contribution in [0.4, 0.5) is 0 Å². The van der Waals surface area contributed by atoms with Gasteiger partial charge in [0.25, 0.3) is 0 Å². The minimum absolute atomic E-state index is 0.401. The van der Waals surface area contributed by atoms with Gasteiger partial charge in [-0.05, 0) is 39.1 Å². The molecule has 0 spiro atoms. The number of esters is 2. The van der Waals surface area contributed by atoms with Crippen LogP contribution in [0.3, 0.4) is 0 Å². The van der Waals surface area contributed by atoms with E-state index in [2.05, 4.69) is 4.98 Å². The van der Waals surface area contributed by atoms with Crippen molar-refractivity contribution in [1.82, 2.24) is 4.98 Å². The van der Waals surface area contributed by atoms with Gasteiger partial charge in [-0.2, -0.15) is 0 Å². The van der Waals surface area contributed by atoms with Crippen LogP contribution in [0.5, 0.6) is 0 Å². The number of ether oxygens (including phenoxy) is 2. The van der Waals surface area contributed by atoms with Crippen molar-refractivity contribution in [3.63, 3.8) is 0 Å². The number of nitrogens with zero attached hydrogens (tertiary/aromatic N) is 1. The number of thiazole rings is 1. The molecule has 0 aromatic carbocycles. The zero-order chi connectivity index (χ0) is 16.3. The van der Waals surface area contributed by atoms with Crippen molar-refractivity contribution in [3.8, 4) is 9.88 Å². The molecule has 7 heteroatoms. The van der Waals surface area contributed by atoms with Gasteiger partial charge >= 0.3 is 11.9 Å². The minimum atomic E-state index is -0.601. The third-order valence-corrected chi connectivity index (χ3v) is 4.63. The molecule has 2 aromatic heterocycles. The van der Waals surface area contributed by atoms with Gasteiger partial charge in [0.1, 0.15) is 15.5 Å². The second-order valence-corrected chi connectivity index (χ2v) is 7.52. The highest BCUT2D eigenvalue weighted by molar-refractivity contribution is 7.22. The van der Waals surface area contributed by atoms with Crippen molar-refractivity contribution in [2.45, 2.75) is 33.3 Å². The van der Waals surface area contributed by atoms with Crippen molar-refractivity contribution in [2.24, 2.45) is 0 Å². The van der Waals surface area contributed by atoms with E-state index in [1.165, 1.54) is 11.3 Å². The molecule has 0 bridgehead atoms. The monoisotopic (exact) mass is 339 g/mol. The van der Waals surface area contributed by atoms with Crippen LogP contribution in [0, 0.1) is 6.92 Å². The van der Waals surface area contributed by atoms with Crippen LogP contribution in [0.25, 0.3) is 9.88 Å². The van der Waals surface area contributed by atoms with E-state index in [9.17, 15) is 9.59 Å². The quantitative estimate of drug-likeness (QED) is 0.795. The van der Waals surface area contributed by atoms with Crippen molar-refractivity contribution in [3.05, 3.63) is 28.1 Å². The van der Waals surface area contributed by atoms with E-state index in [1.54, 1.807) is 39.0 Å². The minimum Gasteiger partial charge on any atom is -0.457 e. The molecule has 0 fully saturated rings. The first kappa shape index (κ1) is 16.6. The van der Waals surface area contributed by atoms with E-state index in [4.69, 9.17) is 9.47 Å². The standard InChI is InChI=1S/C15H17NO4S2/c1-9-12(22-13(16-9)10-6-5-7-21-10)14(18)19-8-11(17)20-15(2,3)4/h5-7H,8H2,1-4H3. The summed E-state index contributed by atoms with van der Waals surface area (Å²) in [5.74, 6) is -1.12. The highest BCUT2D eigenvalue weighted by Crippen LogP contribution is 2.31. The Labute approximate surface area is 136 Å². The topological polar surface area (TPSA) is 65.5 Å². The number of hydrogen-bond donors (Lipinski definition) is 0. The number of thiophene rings is 1. The molecule has 0 aliphatic heterocycles. The average Bonchev–Trinajstić information content (AvgIpc) is 3.02. The number of carbonyl (C=O) groups excluding carboxylic acids is 2. The van der Waals surface area contributed by atoms with Gasteiger partial charge in [-0.3, -0.25) is 0 Å². The van der Waals surface area contributed by atoms with Gasteiger partial charge in [0.2, 0.25) is 0 Å². The van der Waals surface area contributed by atoms with Crippen LogP contribution in [-0.4, -0.2) is 29.1 Å². The molecule has 2 rings (SSSR count). The molecule has 0 saturated heterocycles. The van der Waals surface area contributed by atoms with Gasteiger partial charge in [-0.1, -0.05) is 6.07 Å². The second kappa shape index (κ2) is 6.58. The van der Waals surface area contributed by atoms with Gasteiger partial charge < -0.3 is 9.47 Å². The summed E-state index contributed by atoms with van der Waals surface area (Å²) in [6, 6.07) is 3.87. The summed E-state index contributed by atoms with van der Waals surface area (Å²) in [4.78, 5) is 29.4. The molecule has 0 N–H and O–H groups in total. The maximum atomic E-state index is 12.1. The van der Waals surface area contributed by atoms with Crippen molar-refractivity contribution in [1.29, 1.82) is 0 Å². The maximum Gasteiger partial charge on any atom is 0.350 e. The molecular weight excluding hydrogens is 322 g/mol. The lowest BCUT2D eigenvalue weighted by Gasteiger charge is -2.19. The molecule has 0 saturated carbocycles. The first-order valence-corrected chi connectivity index (χ1v) is 8.36. The highest BCUT2D eigenvalue weighted by Gasteiger charge is 2.21. The third kappa shape index (κ3) is 4.38. The molecule has 22 heavy (non-hydrogen) atoms. The van der Waals surface area contributed by atoms with Crippen molar-refractivity contribution >= 4 is 34.6 Å². The highest BCUT2D eigenvalue weighted by atomic mass is 32.1. The van der Waals surface area contributed by atoms with E-state index in [-0.39, 0.29) is 0 Å². The zero-order valence-corrected chi connectivity index (χ0v) is 14.5. The summed E-state index contributed by atoms with van der Waals surface area (Å²) < 4.78 is 10.1. The Morgan fingerprint density at radius 3 is 2.64 bits per heavy atom. The number of aromatic nitrogens is 1. The van der Waals surface area contributed by atoms with E-state index >= 15 is 0 Å². The number of carbonyl (C=O) groups is 2. The Morgan fingerprint density at radius 2 is 2.05 bits per heavy atom. The van der Waals surface area contributed by atoms with Gasteiger partial charge in [0.05, 0.1) is 10.6 Å².